The normalized spacial score (nSPS) is 15.0. The number of rotatable bonds is 6. The summed E-state index contributed by atoms with van der Waals surface area (Å²) in [6.45, 7) is 4.56. The van der Waals surface area contributed by atoms with E-state index in [1.54, 1.807) is 18.2 Å². The lowest BCUT2D eigenvalue weighted by Crippen LogP contribution is -2.46. The fourth-order valence-electron chi connectivity index (χ4n) is 2.86. The van der Waals surface area contributed by atoms with Gasteiger partial charge in [-0.05, 0) is 6.07 Å². The summed E-state index contributed by atoms with van der Waals surface area (Å²) in [6, 6.07) is 7.08. The molecule has 0 atom stereocenters. The molecule has 0 spiro atoms. The fourth-order valence-corrected chi connectivity index (χ4v) is 5.69. The topological polar surface area (TPSA) is 87.7 Å². The van der Waals surface area contributed by atoms with Crippen LogP contribution >= 0.6 is 36.2 Å². The molecule has 152 valence electrons. The summed E-state index contributed by atoms with van der Waals surface area (Å²) in [6.07, 6.45) is 0. The summed E-state index contributed by atoms with van der Waals surface area (Å²) in [5.74, 6) is -0.635. The predicted molar refractivity (Wildman–Crippen MR) is 112 cm³/mol. The summed E-state index contributed by atoms with van der Waals surface area (Å²) >= 11 is 1.13. The summed E-state index contributed by atoms with van der Waals surface area (Å²) in [5.41, 5.74) is 0. The number of esters is 1. The zero-order chi connectivity index (χ0) is 17.9. The first-order valence-electron chi connectivity index (χ1n) is 8.05. The fraction of sp³-hybridized carbons (Fsp3) is 0.438. The second kappa shape index (κ2) is 10.6. The van der Waals surface area contributed by atoms with E-state index >= 15 is 0 Å². The van der Waals surface area contributed by atoms with Crippen molar-refractivity contribution < 1.29 is 17.9 Å². The van der Waals surface area contributed by atoms with Crippen LogP contribution in [0, 0.1) is 0 Å². The molecular weight excluding hydrogens is 433 g/mol. The number of thiophene rings is 1. The zero-order valence-corrected chi connectivity index (χ0v) is 18.0. The van der Waals surface area contributed by atoms with Gasteiger partial charge < -0.3 is 10.1 Å². The van der Waals surface area contributed by atoms with E-state index < -0.39 is 16.0 Å². The molecular formula is C16H23Cl2N3O4S2. The second-order valence-electron chi connectivity index (χ2n) is 5.74. The number of nitrogens with one attached hydrogen (secondary N) is 2. The number of fused-ring (bicyclic) bond motifs is 1. The van der Waals surface area contributed by atoms with E-state index in [2.05, 4.69) is 14.9 Å². The van der Waals surface area contributed by atoms with Gasteiger partial charge >= 0.3 is 5.97 Å². The summed E-state index contributed by atoms with van der Waals surface area (Å²) in [4.78, 5) is 14.4. The van der Waals surface area contributed by atoms with E-state index in [1.165, 1.54) is 7.11 Å². The van der Waals surface area contributed by atoms with Crippen LogP contribution in [0.4, 0.5) is 0 Å². The average molecular weight is 456 g/mol. The van der Waals surface area contributed by atoms with Gasteiger partial charge in [0.1, 0.15) is 9.77 Å². The first-order chi connectivity index (χ1) is 12.0. The van der Waals surface area contributed by atoms with E-state index in [1.807, 2.05) is 6.07 Å². The maximum atomic E-state index is 12.8. The SMILES string of the molecule is COC(=O)c1sc2ccccc2c1S(=O)(=O)NCCN1CCNCC1.Cl.Cl. The van der Waals surface area contributed by atoms with Crippen LogP contribution in [0.1, 0.15) is 9.67 Å². The molecule has 1 aliphatic rings. The molecule has 1 saturated heterocycles. The Morgan fingerprint density at radius 2 is 1.93 bits per heavy atom. The first kappa shape index (κ1) is 24.1. The van der Waals surface area contributed by atoms with Gasteiger partial charge in [0.2, 0.25) is 10.0 Å². The predicted octanol–water partition coefficient (Wildman–Crippen LogP) is 1.72. The molecule has 2 heterocycles. The highest BCUT2D eigenvalue weighted by Crippen LogP contribution is 2.34. The van der Waals surface area contributed by atoms with Crippen molar-refractivity contribution in [3.05, 3.63) is 29.1 Å². The number of hydrogen-bond donors (Lipinski definition) is 2. The Hall–Kier alpha value is -0.940. The molecule has 0 unspecified atom stereocenters. The molecule has 0 amide bonds. The molecule has 1 aromatic heterocycles. The maximum Gasteiger partial charge on any atom is 0.349 e. The molecule has 1 fully saturated rings. The van der Waals surface area contributed by atoms with E-state index in [4.69, 9.17) is 4.74 Å². The number of methoxy groups -OCH3 is 1. The van der Waals surface area contributed by atoms with Crippen molar-refractivity contribution in [3.8, 4) is 0 Å². The smallest absolute Gasteiger partial charge is 0.349 e. The lowest BCUT2D eigenvalue weighted by Gasteiger charge is -2.27. The van der Waals surface area contributed by atoms with Crippen molar-refractivity contribution in [1.29, 1.82) is 0 Å². The Kier molecular flexibility index (Phi) is 9.43. The van der Waals surface area contributed by atoms with Crippen LogP contribution < -0.4 is 10.0 Å². The quantitative estimate of drug-likeness (QED) is 0.644. The molecule has 1 aromatic carbocycles. The van der Waals surface area contributed by atoms with Crippen molar-refractivity contribution in [1.82, 2.24) is 14.9 Å². The third-order valence-electron chi connectivity index (χ3n) is 4.12. The number of carbonyl (C=O) groups excluding carboxylic acids is 1. The van der Waals surface area contributed by atoms with E-state index in [-0.39, 0.29) is 34.6 Å². The molecule has 7 nitrogen and oxygen atoms in total. The van der Waals surface area contributed by atoms with Gasteiger partial charge in [-0.25, -0.2) is 17.9 Å². The minimum atomic E-state index is -3.81. The highest BCUT2D eigenvalue weighted by atomic mass is 35.5. The van der Waals surface area contributed by atoms with Crippen molar-refractivity contribution >= 4 is 62.2 Å². The molecule has 1 aliphatic heterocycles. The summed E-state index contributed by atoms with van der Waals surface area (Å²) in [7, 11) is -2.56. The number of halogens is 2. The van der Waals surface area contributed by atoms with Gasteiger partial charge in [-0.15, -0.1) is 36.2 Å². The van der Waals surface area contributed by atoms with Crippen molar-refractivity contribution in [2.45, 2.75) is 4.90 Å². The Morgan fingerprint density at radius 3 is 2.59 bits per heavy atom. The molecule has 11 heteroatoms. The number of sulfonamides is 1. The van der Waals surface area contributed by atoms with Crippen LogP contribution in [0.3, 0.4) is 0 Å². The van der Waals surface area contributed by atoms with Crippen LogP contribution in [0.5, 0.6) is 0 Å². The highest BCUT2D eigenvalue weighted by molar-refractivity contribution is 7.90. The van der Waals surface area contributed by atoms with E-state index in [0.29, 0.717) is 18.5 Å². The Labute approximate surface area is 175 Å². The molecule has 2 N–H and O–H groups in total. The van der Waals surface area contributed by atoms with Crippen LogP contribution in [0.15, 0.2) is 29.2 Å². The maximum absolute atomic E-state index is 12.8. The second-order valence-corrected chi connectivity index (χ2v) is 8.49. The Balaban J connectivity index is 0.00000182. The van der Waals surface area contributed by atoms with E-state index in [9.17, 15) is 13.2 Å². The number of nitrogens with zero attached hydrogens (tertiary/aromatic N) is 1. The Morgan fingerprint density at radius 1 is 1.26 bits per heavy atom. The molecule has 2 aromatic rings. The number of carbonyl (C=O) groups is 1. The van der Waals surface area contributed by atoms with Crippen LogP contribution in [0.25, 0.3) is 10.1 Å². The van der Waals surface area contributed by atoms with Gasteiger partial charge in [0.25, 0.3) is 0 Å². The van der Waals surface area contributed by atoms with Gasteiger partial charge in [0.15, 0.2) is 0 Å². The van der Waals surface area contributed by atoms with Crippen LogP contribution in [-0.2, 0) is 14.8 Å². The van der Waals surface area contributed by atoms with Crippen LogP contribution in [0.2, 0.25) is 0 Å². The number of piperazine rings is 1. The largest absolute Gasteiger partial charge is 0.465 e. The number of ether oxygens (including phenoxy) is 1. The van der Waals surface area contributed by atoms with Crippen LogP contribution in [-0.4, -0.2) is 65.7 Å². The zero-order valence-electron chi connectivity index (χ0n) is 14.8. The third-order valence-corrected chi connectivity index (χ3v) is 6.94. The Bertz CT molecular complexity index is 868. The van der Waals surface area contributed by atoms with Gasteiger partial charge in [0.05, 0.1) is 7.11 Å². The summed E-state index contributed by atoms with van der Waals surface area (Å²) in [5, 5.41) is 3.80. The van der Waals surface area contributed by atoms with Crippen molar-refractivity contribution in [2.24, 2.45) is 0 Å². The standard InChI is InChI=1S/C16H21N3O4S2.2ClH/c1-23-16(20)14-15(12-4-2-3-5-13(12)24-14)25(21,22)18-8-11-19-9-6-17-7-10-19;;/h2-5,17-18H,6-11H2,1H3;2*1H. The monoisotopic (exact) mass is 455 g/mol. The molecule has 0 saturated carbocycles. The molecule has 27 heavy (non-hydrogen) atoms. The number of hydrogen-bond acceptors (Lipinski definition) is 7. The lowest BCUT2D eigenvalue weighted by molar-refractivity contribution is 0.0602. The van der Waals surface area contributed by atoms with Gasteiger partial charge in [-0.2, -0.15) is 0 Å². The van der Waals surface area contributed by atoms with Crippen molar-refractivity contribution in [2.75, 3.05) is 46.4 Å². The minimum absolute atomic E-state index is 0. The van der Waals surface area contributed by atoms with Gasteiger partial charge in [-0.3, -0.25) is 4.90 Å². The first-order valence-corrected chi connectivity index (χ1v) is 10.4. The highest BCUT2D eigenvalue weighted by Gasteiger charge is 2.28. The minimum Gasteiger partial charge on any atom is -0.465 e. The molecule has 0 aliphatic carbocycles. The molecule has 0 bridgehead atoms. The number of benzene rings is 1. The average Bonchev–Trinajstić information content (AvgIpc) is 3.02. The van der Waals surface area contributed by atoms with Gasteiger partial charge in [0, 0.05) is 49.4 Å². The third kappa shape index (κ3) is 5.54. The van der Waals surface area contributed by atoms with Gasteiger partial charge in [-0.1, -0.05) is 18.2 Å². The van der Waals surface area contributed by atoms with Crippen molar-refractivity contribution in [3.63, 3.8) is 0 Å². The molecule has 0 radical (unpaired) electrons. The molecule has 3 rings (SSSR count). The van der Waals surface area contributed by atoms with E-state index in [0.717, 1.165) is 42.2 Å². The lowest BCUT2D eigenvalue weighted by atomic mass is 10.2. The summed E-state index contributed by atoms with van der Waals surface area (Å²) < 4.78 is 33.8.